The van der Waals surface area contributed by atoms with Gasteiger partial charge < -0.3 is 10.2 Å². The quantitative estimate of drug-likeness (QED) is 0.0734. The number of carboxylic acid groups (broad SMARTS) is 2. The van der Waals surface area contributed by atoms with E-state index in [0.29, 0.717) is 18.8 Å². The summed E-state index contributed by atoms with van der Waals surface area (Å²) < 4.78 is 0. The van der Waals surface area contributed by atoms with Crippen molar-refractivity contribution in [1.82, 2.24) is 0 Å². The first-order chi connectivity index (χ1) is 19.5. The van der Waals surface area contributed by atoms with Gasteiger partial charge in [-0.1, -0.05) is 142 Å². The molecule has 0 saturated carbocycles. The highest BCUT2D eigenvalue weighted by Crippen LogP contribution is 2.44. The van der Waals surface area contributed by atoms with Crippen molar-refractivity contribution in [2.75, 3.05) is 0 Å². The Bertz CT molecular complexity index is 643. The van der Waals surface area contributed by atoms with Gasteiger partial charge in [0.2, 0.25) is 0 Å². The molecule has 0 aromatic rings. The molecule has 0 amide bonds. The predicted octanol–water partition coefficient (Wildman–Crippen LogP) is 11.4. The minimum atomic E-state index is -0.666. The van der Waals surface area contributed by atoms with Crippen LogP contribution in [-0.4, -0.2) is 22.2 Å². The first kappa shape index (κ1) is 36.7. The smallest absolute Gasteiger partial charge is 0.303 e. The van der Waals surface area contributed by atoms with Crippen molar-refractivity contribution < 1.29 is 19.8 Å². The normalized spacial score (nSPS) is 20.6. The summed E-state index contributed by atoms with van der Waals surface area (Å²) in [5, 5.41) is 17.8. The second kappa shape index (κ2) is 25.4. The maximum Gasteiger partial charge on any atom is 0.303 e. The van der Waals surface area contributed by atoms with E-state index in [1.54, 1.807) is 0 Å². The van der Waals surface area contributed by atoms with E-state index in [2.05, 4.69) is 26.0 Å². The predicted molar refractivity (Wildman–Crippen MR) is 170 cm³/mol. The van der Waals surface area contributed by atoms with Crippen molar-refractivity contribution in [3.8, 4) is 0 Å². The van der Waals surface area contributed by atoms with Crippen LogP contribution in [0.25, 0.3) is 0 Å². The maximum atomic E-state index is 10.8. The number of hydrogen-bond acceptors (Lipinski definition) is 2. The number of carboxylic acids is 2. The summed E-state index contributed by atoms with van der Waals surface area (Å²) in [6.07, 6.45) is 35.9. The van der Waals surface area contributed by atoms with Crippen LogP contribution in [-0.2, 0) is 9.59 Å². The van der Waals surface area contributed by atoms with E-state index in [9.17, 15) is 9.59 Å². The van der Waals surface area contributed by atoms with Crippen LogP contribution >= 0.6 is 0 Å². The van der Waals surface area contributed by atoms with Gasteiger partial charge in [-0.2, -0.15) is 0 Å². The van der Waals surface area contributed by atoms with Crippen LogP contribution < -0.4 is 0 Å². The Balaban J connectivity index is 2.74. The first-order valence-corrected chi connectivity index (χ1v) is 17.6. The molecule has 4 nitrogen and oxygen atoms in total. The van der Waals surface area contributed by atoms with Crippen molar-refractivity contribution in [2.24, 2.45) is 23.7 Å². The summed E-state index contributed by atoms with van der Waals surface area (Å²) in [5.74, 6) is 1.74. The fourth-order valence-corrected chi connectivity index (χ4v) is 7.02. The maximum absolute atomic E-state index is 10.8. The Morgan fingerprint density at radius 3 is 1.12 bits per heavy atom. The Morgan fingerprint density at radius 1 is 0.450 bits per heavy atom. The van der Waals surface area contributed by atoms with Gasteiger partial charge in [0.25, 0.3) is 0 Å². The molecule has 4 unspecified atom stereocenters. The SMILES string of the molecule is CCCCCCCCC1C(CCCCCCCC(=O)O)C=CC(CCCCCC)C1CCCCCCCC(=O)O. The van der Waals surface area contributed by atoms with Crippen LogP contribution in [0.15, 0.2) is 12.2 Å². The number of rotatable bonds is 28. The van der Waals surface area contributed by atoms with Crippen molar-refractivity contribution in [3.63, 3.8) is 0 Å². The van der Waals surface area contributed by atoms with Crippen LogP contribution in [0.4, 0.5) is 0 Å². The zero-order valence-corrected chi connectivity index (χ0v) is 26.6. The molecular formula is C36H66O4. The molecule has 0 spiro atoms. The molecule has 0 heterocycles. The molecule has 4 heteroatoms. The highest BCUT2D eigenvalue weighted by atomic mass is 16.4. The Morgan fingerprint density at radius 2 is 0.750 bits per heavy atom. The average molecular weight is 563 g/mol. The lowest BCUT2D eigenvalue weighted by Crippen LogP contribution is -2.32. The lowest BCUT2D eigenvalue weighted by molar-refractivity contribution is -0.138. The van der Waals surface area contributed by atoms with E-state index in [-0.39, 0.29) is 0 Å². The van der Waals surface area contributed by atoms with Gasteiger partial charge in [0.15, 0.2) is 0 Å². The summed E-state index contributed by atoms with van der Waals surface area (Å²) in [6.45, 7) is 4.59. The molecule has 0 bridgehead atoms. The van der Waals surface area contributed by atoms with Crippen LogP contribution in [0, 0.1) is 23.7 Å². The van der Waals surface area contributed by atoms with Crippen molar-refractivity contribution in [1.29, 1.82) is 0 Å². The minimum Gasteiger partial charge on any atom is -0.481 e. The molecule has 0 fully saturated rings. The number of hydrogen-bond donors (Lipinski definition) is 2. The molecular weight excluding hydrogens is 496 g/mol. The fourth-order valence-electron chi connectivity index (χ4n) is 7.02. The molecule has 40 heavy (non-hydrogen) atoms. The molecule has 2 N–H and O–H groups in total. The third-order valence-corrected chi connectivity index (χ3v) is 9.39. The molecule has 4 atom stereocenters. The third kappa shape index (κ3) is 18.9. The van der Waals surface area contributed by atoms with E-state index in [1.165, 1.54) is 122 Å². The van der Waals surface area contributed by atoms with Crippen LogP contribution in [0.1, 0.15) is 181 Å². The topological polar surface area (TPSA) is 74.6 Å². The van der Waals surface area contributed by atoms with Crippen molar-refractivity contribution in [2.45, 2.75) is 181 Å². The van der Waals surface area contributed by atoms with E-state index in [0.717, 1.165) is 49.9 Å². The van der Waals surface area contributed by atoms with Gasteiger partial charge in [0.05, 0.1) is 0 Å². The number of carbonyl (C=O) groups is 2. The largest absolute Gasteiger partial charge is 0.481 e. The number of aliphatic carboxylic acids is 2. The number of allylic oxidation sites excluding steroid dienone is 2. The summed E-state index contributed by atoms with van der Waals surface area (Å²) in [4.78, 5) is 21.6. The van der Waals surface area contributed by atoms with Gasteiger partial charge >= 0.3 is 11.9 Å². The van der Waals surface area contributed by atoms with E-state index < -0.39 is 11.9 Å². The molecule has 1 aliphatic carbocycles. The zero-order valence-electron chi connectivity index (χ0n) is 26.6. The van der Waals surface area contributed by atoms with Crippen molar-refractivity contribution >= 4 is 11.9 Å². The fraction of sp³-hybridized carbons (Fsp3) is 0.889. The molecule has 0 saturated heterocycles. The van der Waals surface area contributed by atoms with Crippen LogP contribution in [0.3, 0.4) is 0 Å². The molecule has 1 aliphatic rings. The highest BCUT2D eigenvalue weighted by molar-refractivity contribution is 5.66. The van der Waals surface area contributed by atoms with Crippen molar-refractivity contribution in [3.05, 3.63) is 12.2 Å². The van der Waals surface area contributed by atoms with Crippen LogP contribution in [0.5, 0.6) is 0 Å². The minimum absolute atomic E-state index is 0.312. The zero-order chi connectivity index (χ0) is 29.3. The summed E-state index contributed by atoms with van der Waals surface area (Å²) in [7, 11) is 0. The van der Waals surface area contributed by atoms with Gasteiger partial charge in [-0.15, -0.1) is 0 Å². The first-order valence-electron chi connectivity index (χ1n) is 17.6. The monoisotopic (exact) mass is 562 g/mol. The van der Waals surface area contributed by atoms with Gasteiger partial charge in [0, 0.05) is 12.8 Å². The highest BCUT2D eigenvalue weighted by Gasteiger charge is 2.34. The lowest BCUT2D eigenvalue weighted by atomic mass is 9.64. The van der Waals surface area contributed by atoms with E-state index in [1.807, 2.05) is 0 Å². The number of unbranched alkanes of at least 4 members (excludes halogenated alkanes) is 16. The van der Waals surface area contributed by atoms with Gasteiger partial charge in [0.1, 0.15) is 0 Å². The standard InChI is InChI=1S/C36H66O4/c1-3-5-7-9-13-19-25-34-32(24-18-12-10-15-21-27-35(37)38)30-29-31(23-17-8-6-4-2)33(34)26-20-14-11-16-22-28-36(39)40/h29-34H,3-28H2,1-2H3,(H,37,38)(H,39,40). The molecule has 1 rings (SSSR count). The molecule has 0 aromatic carbocycles. The Kier molecular flexibility index (Phi) is 23.3. The van der Waals surface area contributed by atoms with Gasteiger partial charge in [-0.05, 0) is 62.2 Å². The summed E-state index contributed by atoms with van der Waals surface area (Å²) in [5.41, 5.74) is 0. The molecule has 234 valence electrons. The van der Waals surface area contributed by atoms with Crippen LogP contribution in [0.2, 0.25) is 0 Å². The molecule has 0 aliphatic heterocycles. The second-order valence-corrected chi connectivity index (χ2v) is 12.8. The average Bonchev–Trinajstić information content (AvgIpc) is 2.92. The van der Waals surface area contributed by atoms with Gasteiger partial charge in [-0.3, -0.25) is 9.59 Å². The molecule has 0 aromatic heterocycles. The van der Waals surface area contributed by atoms with E-state index >= 15 is 0 Å². The lowest BCUT2D eigenvalue weighted by Gasteiger charge is -2.41. The second-order valence-electron chi connectivity index (χ2n) is 12.8. The van der Waals surface area contributed by atoms with E-state index in [4.69, 9.17) is 10.2 Å². The van der Waals surface area contributed by atoms with Gasteiger partial charge in [-0.25, -0.2) is 0 Å². The Labute approximate surface area is 248 Å². The summed E-state index contributed by atoms with van der Waals surface area (Å²) >= 11 is 0. The Hall–Kier alpha value is -1.32. The molecule has 0 radical (unpaired) electrons. The summed E-state index contributed by atoms with van der Waals surface area (Å²) in [6, 6.07) is 0. The third-order valence-electron chi connectivity index (χ3n) is 9.39.